The van der Waals surface area contributed by atoms with Crippen molar-refractivity contribution in [3.63, 3.8) is 0 Å². The van der Waals surface area contributed by atoms with Crippen molar-refractivity contribution < 1.29 is 14.7 Å². The van der Waals surface area contributed by atoms with Crippen LogP contribution in [-0.4, -0.2) is 29.7 Å². The molecule has 100 valence electrons. The number of rotatable bonds is 9. The van der Waals surface area contributed by atoms with Gasteiger partial charge < -0.3 is 15.7 Å². The normalized spacial score (nSPS) is 11.9. The summed E-state index contributed by atoms with van der Waals surface area (Å²) in [5.41, 5.74) is 0. The lowest BCUT2D eigenvalue weighted by Crippen LogP contribution is -2.41. The Morgan fingerprint density at radius 2 is 1.94 bits per heavy atom. The van der Waals surface area contributed by atoms with Crippen LogP contribution >= 0.6 is 0 Å². The molecule has 0 bridgehead atoms. The quantitative estimate of drug-likeness (QED) is 0.544. The monoisotopic (exact) mass is 244 g/mol. The smallest absolute Gasteiger partial charge is 0.314 e. The summed E-state index contributed by atoms with van der Waals surface area (Å²) >= 11 is 0. The number of carboxylic acids is 1. The van der Waals surface area contributed by atoms with E-state index in [1.807, 2.05) is 6.92 Å². The number of carbonyl (C=O) groups excluding carboxylic acids is 1. The second-order valence-corrected chi connectivity index (χ2v) is 4.29. The van der Waals surface area contributed by atoms with Gasteiger partial charge in [0.25, 0.3) is 0 Å². The van der Waals surface area contributed by atoms with Gasteiger partial charge in [-0.1, -0.05) is 19.8 Å². The van der Waals surface area contributed by atoms with Crippen molar-refractivity contribution in [2.45, 2.75) is 58.4 Å². The summed E-state index contributed by atoms with van der Waals surface area (Å²) in [5, 5.41) is 14.0. The molecule has 3 N–H and O–H groups in total. The highest BCUT2D eigenvalue weighted by atomic mass is 16.4. The lowest BCUT2D eigenvalue weighted by Gasteiger charge is -2.13. The second-order valence-electron chi connectivity index (χ2n) is 4.29. The van der Waals surface area contributed by atoms with E-state index < -0.39 is 5.97 Å². The minimum Gasteiger partial charge on any atom is -0.481 e. The second kappa shape index (κ2) is 9.93. The Hall–Kier alpha value is -1.26. The van der Waals surface area contributed by atoms with Gasteiger partial charge in [0.15, 0.2) is 0 Å². The molecule has 0 radical (unpaired) electrons. The first-order valence-corrected chi connectivity index (χ1v) is 6.32. The first-order chi connectivity index (χ1) is 8.06. The van der Waals surface area contributed by atoms with E-state index in [0.29, 0.717) is 13.0 Å². The van der Waals surface area contributed by atoms with E-state index in [1.54, 1.807) is 0 Å². The predicted octanol–water partition coefficient (Wildman–Crippen LogP) is 2.12. The molecule has 0 saturated carbocycles. The Balaban J connectivity index is 3.36. The average molecular weight is 244 g/mol. The standard InChI is InChI=1S/C12H24N2O3/c1-3-7-10(2)14-12(17)13-9-6-4-5-8-11(15)16/h10H,3-9H2,1-2H3,(H,15,16)(H2,13,14,17). The van der Waals surface area contributed by atoms with Crippen molar-refractivity contribution in [2.75, 3.05) is 6.54 Å². The van der Waals surface area contributed by atoms with Crippen LogP contribution in [0.3, 0.4) is 0 Å². The van der Waals surface area contributed by atoms with E-state index in [-0.39, 0.29) is 18.5 Å². The van der Waals surface area contributed by atoms with Crippen LogP contribution in [0.2, 0.25) is 0 Å². The van der Waals surface area contributed by atoms with Gasteiger partial charge in [-0.2, -0.15) is 0 Å². The van der Waals surface area contributed by atoms with Crippen LogP contribution < -0.4 is 10.6 Å². The summed E-state index contributed by atoms with van der Waals surface area (Å²) in [6.07, 6.45) is 4.56. The third kappa shape index (κ3) is 11.0. The highest BCUT2D eigenvalue weighted by Crippen LogP contribution is 1.98. The van der Waals surface area contributed by atoms with Crippen LogP contribution in [0, 0.1) is 0 Å². The maximum Gasteiger partial charge on any atom is 0.314 e. The lowest BCUT2D eigenvalue weighted by molar-refractivity contribution is -0.137. The zero-order valence-electron chi connectivity index (χ0n) is 10.8. The fourth-order valence-electron chi connectivity index (χ4n) is 1.56. The van der Waals surface area contributed by atoms with Gasteiger partial charge in [-0.3, -0.25) is 4.79 Å². The summed E-state index contributed by atoms with van der Waals surface area (Å²) < 4.78 is 0. The first-order valence-electron chi connectivity index (χ1n) is 6.32. The van der Waals surface area contributed by atoms with Crippen LogP contribution in [0.4, 0.5) is 4.79 Å². The fourth-order valence-corrected chi connectivity index (χ4v) is 1.56. The molecule has 0 fully saturated rings. The Kier molecular flexibility index (Phi) is 9.19. The van der Waals surface area contributed by atoms with E-state index in [1.165, 1.54) is 0 Å². The summed E-state index contributed by atoms with van der Waals surface area (Å²) in [6, 6.07) is 0.0659. The molecule has 0 spiro atoms. The van der Waals surface area contributed by atoms with Gasteiger partial charge in [0, 0.05) is 19.0 Å². The number of carbonyl (C=O) groups is 2. The topological polar surface area (TPSA) is 78.4 Å². The van der Waals surface area contributed by atoms with E-state index in [2.05, 4.69) is 17.6 Å². The molecule has 0 aliphatic heterocycles. The number of carboxylic acid groups (broad SMARTS) is 1. The van der Waals surface area contributed by atoms with Crippen molar-refractivity contribution in [1.82, 2.24) is 10.6 Å². The van der Waals surface area contributed by atoms with E-state index in [0.717, 1.165) is 25.7 Å². The molecule has 17 heavy (non-hydrogen) atoms. The minimum atomic E-state index is -0.760. The molecule has 2 amide bonds. The van der Waals surface area contributed by atoms with Crippen LogP contribution in [0.5, 0.6) is 0 Å². The molecule has 1 atom stereocenters. The van der Waals surface area contributed by atoms with Gasteiger partial charge in [-0.15, -0.1) is 0 Å². The Labute approximate surface area is 103 Å². The molecule has 0 saturated heterocycles. The summed E-state index contributed by atoms with van der Waals surface area (Å²) in [5.74, 6) is -0.760. The zero-order valence-corrected chi connectivity index (χ0v) is 10.8. The fraction of sp³-hybridized carbons (Fsp3) is 0.833. The number of unbranched alkanes of at least 4 members (excludes halogenated alkanes) is 2. The van der Waals surface area contributed by atoms with Gasteiger partial charge in [0.1, 0.15) is 0 Å². The maximum atomic E-state index is 11.4. The van der Waals surface area contributed by atoms with Crippen molar-refractivity contribution in [3.8, 4) is 0 Å². The highest BCUT2D eigenvalue weighted by Gasteiger charge is 2.04. The van der Waals surface area contributed by atoms with Gasteiger partial charge >= 0.3 is 12.0 Å². The van der Waals surface area contributed by atoms with Gasteiger partial charge in [0.2, 0.25) is 0 Å². The number of nitrogens with one attached hydrogen (secondary N) is 2. The van der Waals surface area contributed by atoms with Gasteiger partial charge in [-0.05, 0) is 26.2 Å². The van der Waals surface area contributed by atoms with Crippen LogP contribution in [-0.2, 0) is 4.79 Å². The Morgan fingerprint density at radius 1 is 1.24 bits per heavy atom. The number of urea groups is 1. The van der Waals surface area contributed by atoms with E-state index in [9.17, 15) is 9.59 Å². The molecule has 0 aliphatic rings. The SMILES string of the molecule is CCCC(C)NC(=O)NCCCCCC(=O)O. The Morgan fingerprint density at radius 3 is 2.53 bits per heavy atom. The molecule has 0 aromatic carbocycles. The largest absolute Gasteiger partial charge is 0.481 e. The molecule has 5 nitrogen and oxygen atoms in total. The Bertz CT molecular complexity index is 232. The highest BCUT2D eigenvalue weighted by molar-refractivity contribution is 5.74. The van der Waals surface area contributed by atoms with E-state index in [4.69, 9.17) is 5.11 Å². The molecule has 0 rings (SSSR count). The lowest BCUT2D eigenvalue weighted by atomic mass is 10.2. The molecule has 0 heterocycles. The van der Waals surface area contributed by atoms with Gasteiger partial charge in [0.05, 0.1) is 0 Å². The van der Waals surface area contributed by atoms with Crippen molar-refractivity contribution >= 4 is 12.0 Å². The van der Waals surface area contributed by atoms with Crippen LogP contribution in [0.1, 0.15) is 52.4 Å². The minimum absolute atomic E-state index is 0.135. The summed E-state index contributed by atoms with van der Waals surface area (Å²) in [6.45, 7) is 4.67. The van der Waals surface area contributed by atoms with Crippen molar-refractivity contribution in [2.24, 2.45) is 0 Å². The number of aliphatic carboxylic acids is 1. The van der Waals surface area contributed by atoms with Crippen LogP contribution in [0.15, 0.2) is 0 Å². The maximum absolute atomic E-state index is 11.4. The zero-order chi connectivity index (χ0) is 13.1. The number of hydrogen-bond acceptors (Lipinski definition) is 2. The van der Waals surface area contributed by atoms with Crippen LogP contribution in [0.25, 0.3) is 0 Å². The number of hydrogen-bond donors (Lipinski definition) is 3. The molecule has 0 aromatic rings. The third-order valence-corrected chi connectivity index (χ3v) is 2.45. The molecule has 0 aliphatic carbocycles. The van der Waals surface area contributed by atoms with Gasteiger partial charge in [-0.25, -0.2) is 4.79 Å². The van der Waals surface area contributed by atoms with Crippen molar-refractivity contribution in [3.05, 3.63) is 0 Å². The average Bonchev–Trinajstić information content (AvgIpc) is 2.23. The predicted molar refractivity (Wildman–Crippen MR) is 67.0 cm³/mol. The third-order valence-electron chi connectivity index (χ3n) is 2.45. The van der Waals surface area contributed by atoms with Crippen molar-refractivity contribution in [1.29, 1.82) is 0 Å². The summed E-state index contributed by atoms with van der Waals surface area (Å²) in [7, 11) is 0. The number of amides is 2. The molecular formula is C12H24N2O3. The summed E-state index contributed by atoms with van der Waals surface area (Å²) in [4.78, 5) is 21.6. The molecular weight excluding hydrogens is 220 g/mol. The molecule has 1 unspecified atom stereocenters. The molecule has 5 heteroatoms. The first kappa shape index (κ1) is 15.7. The molecule has 0 aromatic heterocycles. The van der Waals surface area contributed by atoms with E-state index >= 15 is 0 Å².